The van der Waals surface area contributed by atoms with Crippen LogP contribution in [0.25, 0.3) is 11.0 Å². The summed E-state index contributed by atoms with van der Waals surface area (Å²) in [5.41, 5.74) is 0.628. The number of hydrogen-bond donors (Lipinski definition) is 1. The molecule has 0 saturated heterocycles. The highest BCUT2D eigenvalue weighted by molar-refractivity contribution is 9.10. The van der Waals surface area contributed by atoms with Crippen molar-refractivity contribution in [2.45, 2.75) is 23.3 Å². The second-order valence-electron chi connectivity index (χ2n) is 7.02. The van der Waals surface area contributed by atoms with Crippen LogP contribution in [0, 0.1) is 5.82 Å². The van der Waals surface area contributed by atoms with Crippen LogP contribution in [-0.4, -0.2) is 17.6 Å². The maximum atomic E-state index is 13.8. The molecule has 10 heteroatoms. The molecule has 28 heavy (non-hydrogen) atoms. The SMILES string of the molecule is Cn1c(=O)n(C)c2cc(S(=O)(=O)NC3(c4cc(F)cc(Br)c4)CC3)c(Br)cc21. The molecule has 1 saturated carbocycles. The Bertz CT molecular complexity index is 1270. The number of aromatic nitrogens is 2. The minimum absolute atomic E-state index is 0.0305. The molecule has 0 spiro atoms. The number of halogens is 3. The van der Waals surface area contributed by atoms with Gasteiger partial charge in [-0.05, 0) is 64.7 Å². The average Bonchev–Trinajstić information content (AvgIpc) is 3.34. The number of aryl methyl sites for hydroxylation is 2. The molecule has 0 atom stereocenters. The van der Waals surface area contributed by atoms with Crippen molar-refractivity contribution in [1.82, 2.24) is 13.9 Å². The van der Waals surface area contributed by atoms with Gasteiger partial charge in [-0.25, -0.2) is 22.3 Å². The molecule has 0 radical (unpaired) electrons. The fourth-order valence-corrected chi connectivity index (χ4v) is 6.39. The largest absolute Gasteiger partial charge is 0.328 e. The van der Waals surface area contributed by atoms with Crippen molar-refractivity contribution in [2.24, 2.45) is 14.1 Å². The van der Waals surface area contributed by atoms with Gasteiger partial charge in [0.15, 0.2) is 0 Å². The summed E-state index contributed by atoms with van der Waals surface area (Å²) in [5, 5.41) is 0. The van der Waals surface area contributed by atoms with E-state index in [1.807, 2.05) is 0 Å². The van der Waals surface area contributed by atoms with Crippen molar-refractivity contribution in [1.29, 1.82) is 0 Å². The van der Waals surface area contributed by atoms with Crippen molar-refractivity contribution in [3.63, 3.8) is 0 Å². The molecule has 0 bridgehead atoms. The summed E-state index contributed by atoms with van der Waals surface area (Å²) >= 11 is 6.57. The van der Waals surface area contributed by atoms with E-state index in [2.05, 4.69) is 36.6 Å². The first-order chi connectivity index (χ1) is 13.0. The lowest BCUT2D eigenvalue weighted by Gasteiger charge is -2.19. The lowest BCUT2D eigenvalue weighted by Crippen LogP contribution is -2.35. The zero-order valence-corrected chi connectivity index (χ0v) is 19.0. The first kappa shape index (κ1) is 19.8. The number of nitrogens with zero attached hydrogens (tertiary/aromatic N) is 2. The third-order valence-corrected chi connectivity index (χ3v) is 8.06. The fraction of sp³-hybridized carbons (Fsp3) is 0.278. The predicted octanol–water partition coefficient (Wildman–Crippen LogP) is 3.51. The summed E-state index contributed by atoms with van der Waals surface area (Å²) in [4.78, 5) is 12.2. The van der Waals surface area contributed by atoms with E-state index in [4.69, 9.17) is 0 Å². The van der Waals surface area contributed by atoms with Gasteiger partial charge in [0.25, 0.3) is 0 Å². The quantitative estimate of drug-likeness (QED) is 0.559. The lowest BCUT2D eigenvalue weighted by molar-refractivity contribution is 0.547. The maximum Gasteiger partial charge on any atom is 0.328 e. The Morgan fingerprint density at radius 3 is 2.21 bits per heavy atom. The van der Waals surface area contributed by atoms with Gasteiger partial charge in [0.2, 0.25) is 10.0 Å². The van der Waals surface area contributed by atoms with Crippen LogP contribution >= 0.6 is 31.9 Å². The number of rotatable bonds is 4. The molecule has 1 N–H and O–H groups in total. The van der Waals surface area contributed by atoms with Gasteiger partial charge >= 0.3 is 5.69 Å². The van der Waals surface area contributed by atoms with Crippen molar-refractivity contribution >= 4 is 52.9 Å². The molecule has 0 unspecified atom stereocenters. The minimum Gasteiger partial charge on any atom is -0.295 e. The van der Waals surface area contributed by atoms with Gasteiger partial charge in [-0.3, -0.25) is 9.13 Å². The summed E-state index contributed by atoms with van der Waals surface area (Å²) in [6, 6.07) is 7.48. The summed E-state index contributed by atoms with van der Waals surface area (Å²) in [5.74, 6) is -0.434. The van der Waals surface area contributed by atoms with Gasteiger partial charge in [0, 0.05) is 23.0 Å². The van der Waals surface area contributed by atoms with Crippen molar-refractivity contribution < 1.29 is 12.8 Å². The Hall–Kier alpha value is -1.49. The number of benzene rings is 2. The van der Waals surface area contributed by atoms with Crippen molar-refractivity contribution in [3.05, 3.63) is 61.1 Å². The van der Waals surface area contributed by atoms with Crippen molar-refractivity contribution in [2.75, 3.05) is 0 Å². The molecule has 1 aliphatic rings. The van der Waals surface area contributed by atoms with E-state index in [0.717, 1.165) is 0 Å². The number of fused-ring (bicyclic) bond motifs is 1. The van der Waals surface area contributed by atoms with E-state index >= 15 is 0 Å². The van der Waals surface area contributed by atoms with E-state index in [0.29, 0.717) is 38.4 Å². The highest BCUT2D eigenvalue weighted by atomic mass is 79.9. The Kier molecular flexibility index (Phi) is 4.61. The molecule has 1 aliphatic carbocycles. The number of hydrogen-bond acceptors (Lipinski definition) is 3. The molecule has 2 aromatic carbocycles. The topological polar surface area (TPSA) is 73.1 Å². The minimum atomic E-state index is -3.93. The lowest BCUT2D eigenvalue weighted by atomic mass is 10.1. The summed E-state index contributed by atoms with van der Waals surface area (Å²) in [6.45, 7) is 0. The van der Waals surface area contributed by atoms with Gasteiger partial charge in [-0.1, -0.05) is 15.9 Å². The summed E-state index contributed by atoms with van der Waals surface area (Å²) in [6.07, 6.45) is 1.15. The van der Waals surface area contributed by atoms with Crippen LogP contribution < -0.4 is 10.4 Å². The van der Waals surface area contributed by atoms with Gasteiger partial charge in [-0.2, -0.15) is 0 Å². The number of imidazole rings is 1. The van der Waals surface area contributed by atoms with Gasteiger partial charge in [0.05, 0.1) is 21.5 Å². The molecule has 1 aromatic heterocycles. The molecule has 0 amide bonds. The molecule has 4 rings (SSSR count). The van der Waals surface area contributed by atoms with Gasteiger partial charge in [0.1, 0.15) is 5.82 Å². The van der Waals surface area contributed by atoms with Crippen LogP contribution in [0.4, 0.5) is 4.39 Å². The van der Waals surface area contributed by atoms with Crippen LogP contribution in [0.2, 0.25) is 0 Å². The highest BCUT2D eigenvalue weighted by Crippen LogP contribution is 2.47. The van der Waals surface area contributed by atoms with E-state index in [1.54, 1.807) is 26.2 Å². The first-order valence-electron chi connectivity index (χ1n) is 8.40. The Morgan fingerprint density at radius 2 is 1.64 bits per heavy atom. The second kappa shape index (κ2) is 6.51. The zero-order chi connectivity index (χ0) is 20.4. The van der Waals surface area contributed by atoms with Crippen LogP contribution in [0.5, 0.6) is 0 Å². The fourth-order valence-electron chi connectivity index (χ4n) is 3.42. The van der Waals surface area contributed by atoms with Crippen molar-refractivity contribution in [3.8, 4) is 0 Å². The van der Waals surface area contributed by atoms with Gasteiger partial charge < -0.3 is 0 Å². The van der Waals surface area contributed by atoms with E-state index in [1.165, 1.54) is 27.3 Å². The Labute approximate surface area is 177 Å². The Morgan fingerprint density at radius 1 is 1.04 bits per heavy atom. The third-order valence-electron chi connectivity index (χ3n) is 5.11. The van der Waals surface area contributed by atoms with Crippen LogP contribution in [0.15, 0.2) is 49.0 Å². The molecule has 1 heterocycles. The monoisotopic (exact) mass is 531 g/mol. The molecular formula is C18H16Br2FN3O3S. The van der Waals surface area contributed by atoms with Crippen LogP contribution in [-0.2, 0) is 29.7 Å². The zero-order valence-electron chi connectivity index (χ0n) is 15.0. The molecule has 0 aliphatic heterocycles. The third kappa shape index (κ3) is 3.16. The molecule has 1 fully saturated rings. The van der Waals surface area contributed by atoms with E-state index < -0.39 is 21.4 Å². The van der Waals surface area contributed by atoms with Crippen LogP contribution in [0.1, 0.15) is 18.4 Å². The molecule has 3 aromatic rings. The highest BCUT2D eigenvalue weighted by Gasteiger charge is 2.48. The first-order valence-corrected chi connectivity index (χ1v) is 11.5. The van der Waals surface area contributed by atoms with E-state index in [9.17, 15) is 17.6 Å². The number of sulfonamides is 1. The standard InChI is InChI=1S/C18H16Br2FN3O3S/c1-23-14-8-13(20)16(9-15(14)24(2)17(23)25)28(26,27)22-18(3-4-18)10-5-11(19)7-12(21)6-10/h5-9,22H,3-4H2,1-2H3. The molecule has 148 valence electrons. The smallest absolute Gasteiger partial charge is 0.295 e. The Balaban J connectivity index is 1.80. The average molecular weight is 533 g/mol. The van der Waals surface area contributed by atoms with Crippen LogP contribution in [0.3, 0.4) is 0 Å². The number of nitrogens with one attached hydrogen (secondary N) is 1. The molecular weight excluding hydrogens is 517 g/mol. The normalized spacial score (nSPS) is 15.9. The van der Waals surface area contributed by atoms with E-state index in [-0.39, 0.29) is 10.6 Å². The molecule has 6 nitrogen and oxygen atoms in total. The summed E-state index contributed by atoms with van der Waals surface area (Å²) < 4.78 is 46.6. The predicted molar refractivity (Wildman–Crippen MR) is 111 cm³/mol. The summed E-state index contributed by atoms with van der Waals surface area (Å²) in [7, 11) is -0.709. The van der Waals surface area contributed by atoms with Gasteiger partial charge in [-0.15, -0.1) is 0 Å². The second-order valence-corrected chi connectivity index (χ2v) is 10.4. The maximum absolute atomic E-state index is 13.8.